The third-order valence-electron chi connectivity index (χ3n) is 7.15. The molecule has 0 unspecified atom stereocenters. The number of pyridine rings is 1. The van der Waals surface area contributed by atoms with Gasteiger partial charge in [-0.15, -0.1) is 0 Å². The largest absolute Gasteiger partial charge is 0.493 e. The molecule has 2 atom stereocenters. The number of rotatable bonds is 4. The number of carbonyl (C=O) groups is 1. The van der Waals surface area contributed by atoms with E-state index in [1.165, 1.54) is 17.2 Å². The number of hydrogen-bond acceptors (Lipinski definition) is 5. The Hall–Kier alpha value is -4.66. The maximum absolute atomic E-state index is 14.7. The number of benzene rings is 3. The Morgan fingerprint density at radius 3 is 2.38 bits per heavy atom. The van der Waals surface area contributed by atoms with Crippen molar-refractivity contribution in [2.75, 3.05) is 18.7 Å². The van der Waals surface area contributed by atoms with Gasteiger partial charge in [0.2, 0.25) is 5.43 Å². The predicted molar refractivity (Wildman–Crippen MR) is 140 cm³/mol. The molecule has 9 heteroatoms. The van der Waals surface area contributed by atoms with Crippen LogP contribution in [0.2, 0.25) is 0 Å². The predicted octanol–water partition coefficient (Wildman–Crippen LogP) is 4.63. The van der Waals surface area contributed by atoms with E-state index in [1.807, 2.05) is 65.7 Å². The summed E-state index contributed by atoms with van der Waals surface area (Å²) >= 11 is 0. The number of fused-ring (bicyclic) bond motifs is 4. The van der Waals surface area contributed by atoms with Crippen LogP contribution in [0.5, 0.6) is 11.5 Å². The van der Waals surface area contributed by atoms with Gasteiger partial charge >= 0.3 is 0 Å². The molecule has 0 aliphatic carbocycles. The fourth-order valence-electron chi connectivity index (χ4n) is 5.28. The summed E-state index contributed by atoms with van der Waals surface area (Å²) in [7, 11) is 1.65. The van der Waals surface area contributed by atoms with Gasteiger partial charge < -0.3 is 14.4 Å². The third kappa shape index (κ3) is 4.29. The van der Waals surface area contributed by atoms with Crippen molar-refractivity contribution >= 4 is 5.91 Å². The van der Waals surface area contributed by atoms with Gasteiger partial charge in [-0.05, 0) is 17.2 Å². The standard InChI is InChI=1S/C30H25F2N3O4/c1-33-26-13-15-38-25-17-23(32)22(31)16-21(25)27(20-10-6-3-7-11-20)35(26)34-14-12-24(36)29(28(34)30(33)37)39-18-19-8-4-2-5-9-19/h2-12,14,16-17,26-27H,13,15,18H2,1H3/t26-,27+/m0/s1. The van der Waals surface area contributed by atoms with Crippen LogP contribution in [0, 0.1) is 11.6 Å². The Bertz CT molecular complexity index is 1590. The number of aromatic nitrogens is 1. The second-order valence-electron chi connectivity index (χ2n) is 9.51. The average Bonchev–Trinajstić information content (AvgIpc) is 2.94. The van der Waals surface area contributed by atoms with Crippen molar-refractivity contribution in [1.29, 1.82) is 0 Å². The highest BCUT2D eigenvalue weighted by Crippen LogP contribution is 2.41. The van der Waals surface area contributed by atoms with Crippen molar-refractivity contribution < 1.29 is 23.0 Å². The van der Waals surface area contributed by atoms with Gasteiger partial charge in [0.15, 0.2) is 23.1 Å². The normalized spacial score (nSPS) is 18.3. The molecule has 2 aliphatic heterocycles. The smallest absolute Gasteiger partial charge is 0.277 e. The molecule has 7 nitrogen and oxygen atoms in total. The summed E-state index contributed by atoms with van der Waals surface area (Å²) in [6.45, 7) is 0.252. The zero-order chi connectivity index (χ0) is 27.1. The molecular formula is C30H25F2N3O4. The minimum atomic E-state index is -1.01. The molecular weight excluding hydrogens is 504 g/mol. The highest BCUT2D eigenvalue weighted by Gasteiger charge is 2.43. The Morgan fingerprint density at radius 2 is 1.64 bits per heavy atom. The number of carbonyl (C=O) groups excluding carboxylic acids is 1. The van der Waals surface area contributed by atoms with Crippen molar-refractivity contribution in [3.63, 3.8) is 0 Å². The lowest BCUT2D eigenvalue weighted by Gasteiger charge is -2.50. The summed E-state index contributed by atoms with van der Waals surface area (Å²) in [5, 5.41) is 1.90. The lowest BCUT2D eigenvalue weighted by molar-refractivity contribution is 0.0569. The summed E-state index contributed by atoms with van der Waals surface area (Å²) in [4.78, 5) is 28.3. The van der Waals surface area contributed by atoms with E-state index in [1.54, 1.807) is 11.7 Å². The first-order valence-corrected chi connectivity index (χ1v) is 12.6. The van der Waals surface area contributed by atoms with E-state index in [4.69, 9.17) is 9.47 Å². The van der Waals surface area contributed by atoms with E-state index in [-0.39, 0.29) is 30.4 Å². The van der Waals surface area contributed by atoms with Crippen molar-refractivity contribution in [2.45, 2.75) is 25.2 Å². The monoisotopic (exact) mass is 529 g/mol. The molecule has 0 N–H and O–H groups in total. The van der Waals surface area contributed by atoms with E-state index in [9.17, 15) is 18.4 Å². The van der Waals surface area contributed by atoms with Crippen LogP contribution in [0.25, 0.3) is 0 Å². The van der Waals surface area contributed by atoms with Crippen molar-refractivity contribution in [3.8, 4) is 11.5 Å². The van der Waals surface area contributed by atoms with E-state index in [0.29, 0.717) is 12.0 Å². The van der Waals surface area contributed by atoms with E-state index in [2.05, 4.69) is 0 Å². The molecule has 198 valence electrons. The van der Waals surface area contributed by atoms with Gasteiger partial charge in [-0.2, -0.15) is 0 Å². The zero-order valence-corrected chi connectivity index (χ0v) is 21.1. The Kier molecular flexibility index (Phi) is 6.26. The van der Waals surface area contributed by atoms with Gasteiger partial charge in [-0.25, -0.2) is 8.78 Å². The topological polar surface area (TPSA) is 64.0 Å². The fraction of sp³-hybridized carbons (Fsp3) is 0.200. The lowest BCUT2D eigenvalue weighted by Crippen LogP contribution is -2.62. The first-order chi connectivity index (χ1) is 18.9. The molecule has 0 saturated heterocycles. The van der Waals surface area contributed by atoms with Gasteiger partial charge in [0.1, 0.15) is 24.6 Å². The molecule has 0 spiro atoms. The number of halogens is 2. The highest BCUT2D eigenvalue weighted by atomic mass is 19.2. The van der Waals surface area contributed by atoms with Gasteiger partial charge in [0, 0.05) is 37.4 Å². The maximum atomic E-state index is 14.7. The molecule has 6 rings (SSSR count). The Balaban J connectivity index is 1.57. The molecule has 1 aromatic heterocycles. The Morgan fingerprint density at radius 1 is 0.949 bits per heavy atom. The number of hydrogen-bond donors (Lipinski definition) is 0. The molecule has 2 aliphatic rings. The molecule has 1 amide bonds. The van der Waals surface area contributed by atoms with Crippen molar-refractivity contribution in [3.05, 3.63) is 129 Å². The second-order valence-corrected chi connectivity index (χ2v) is 9.51. The van der Waals surface area contributed by atoms with Gasteiger partial charge in [0.25, 0.3) is 5.91 Å². The summed E-state index contributed by atoms with van der Waals surface area (Å²) in [5.41, 5.74) is 1.62. The molecule has 0 saturated carbocycles. The fourth-order valence-corrected chi connectivity index (χ4v) is 5.28. The minimum absolute atomic E-state index is 0.0590. The number of amides is 1. The first-order valence-electron chi connectivity index (χ1n) is 12.6. The highest BCUT2D eigenvalue weighted by molar-refractivity contribution is 5.96. The SMILES string of the molecule is CN1C(=O)c2c(OCc3ccccc3)c(=O)ccn2N2[C@H](c3ccccc3)c3cc(F)c(F)cc3OCC[C@@H]12. The van der Waals surface area contributed by atoms with Crippen molar-refractivity contribution in [1.82, 2.24) is 9.58 Å². The van der Waals surface area contributed by atoms with Gasteiger partial charge in [-0.1, -0.05) is 60.7 Å². The molecule has 39 heavy (non-hydrogen) atoms. The molecule has 4 aromatic rings. The molecule has 3 heterocycles. The van der Waals surface area contributed by atoms with Crippen molar-refractivity contribution in [2.24, 2.45) is 0 Å². The van der Waals surface area contributed by atoms with Crippen LogP contribution in [0.3, 0.4) is 0 Å². The zero-order valence-electron chi connectivity index (χ0n) is 21.1. The van der Waals surface area contributed by atoms with E-state index < -0.39 is 35.2 Å². The second kappa shape index (κ2) is 9.90. The maximum Gasteiger partial charge on any atom is 0.277 e. The quantitative estimate of drug-likeness (QED) is 0.386. The summed E-state index contributed by atoms with van der Waals surface area (Å²) in [6, 6.07) is 21.5. The average molecular weight is 530 g/mol. The summed E-state index contributed by atoms with van der Waals surface area (Å²) in [5.74, 6) is -2.28. The summed E-state index contributed by atoms with van der Waals surface area (Å²) < 4.78 is 42.5. The van der Waals surface area contributed by atoms with Crippen LogP contribution in [0.1, 0.15) is 39.6 Å². The van der Waals surface area contributed by atoms with E-state index in [0.717, 1.165) is 23.3 Å². The number of ether oxygens (including phenoxy) is 2. The molecule has 0 fully saturated rings. The van der Waals surface area contributed by atoms with Gasteiger partial charge in [0.05, 0.1) is 6.61 Å². The number of nitrogens with zero attached hydrogens (tertiary/aromatic N) is 3. The van der Waals surface area contributed by atoms with Crippen LogP contribution >= 0.6 is 0 Å². The molecule has 3 aromatic carbocycles. The van der Waals surface area contributed by atoms with Gasteiger partial charge in [-0.3, -0.25) is 19.3 Å². The summed E-state index contributed by atoms with van der Waals surface area (Å²) in [6.07, 6.45) is 1.37. The van der Waals surface area contributed by atoms with E-state index >= 15 is 0 Å². The Labute approximate surface area is 223 Å². The minimum Gasteiger partial charge on any atom is -0.493 e. The van der Waals surface area contributed by atoms with Crippen LogP contribution in [0.15, 0.2) is 89.9 Å². The third-order valence-corrected chi connectivity index (χ3v) is 7.15. The lowest BCUT2D eigenvalue weighted by atomic mass is 9.95. The van der Waals surface area contributed by atoms with Crippen LogP contribution in [0.4, 0.5) is 8.78 Å². The molecule has 0 bridgehead atoms. The first kappa shape index (κ1) is 24.7. The van der Waals surface area contributed by atoms with Crippen LogP contribution in [-0.4, -0.2) is 35.3 Å². The van der Waals surface area contributed by atoms with Crippen LogP contribution < -0.4 is 19.9 Å². The van der Waals surface area contributed by atoms with Crippen LogP contribution in [-0.2, 0) is 6.61 Å². The molecule has 0 radical (unpaired) electrons.